The van der Waals surface area contributed by atoms with Gasteiger partial charge in [0, 0.05) is 11.4 Å². The highest BCUT2D eigenvalue weighted by Gasteiger charge is 2.23. The number of carbonyl (C=O) groups is 1. The fourth-order valence-electron chi connectivity index (χ4n) is 1.42. The molecule has 0 spiro atoms. The van der Waals surface area contributed by atoms with E-state index in [-0.39, 0.29) is 0 Å². The molecule has 0 bridgehead atoms. The molecule has 1 aromatic carbocycles. The Morgan fingerprint density at radius 2 is 1.82 bits per heavy atom. The lowest BCUT2D eigenvalue weighted by Gasteiger charge is -2.15. The number of hydrogen-bond acceptors (Lipinski definition) is 4. The van der Waals surface area contributed by atoms with E-state index in [1.54, 1.807) is 13.2 Å². The summed E-state index contributed by atoms with van der Waals surface area (Å²) in [4.78, 5) is 11.7. The average Bonchev–Trinajstić information content (AvgIpc) is 2.37. The predicted octanol–water partition coefficient (Wildman–Crippen LogP) is 3.15. The zero-order chi connectivity index (χ0) is 13.0. The van der Waals surface area contributed by atoms with Gasteiger partial charge in [-0.1, -0.05) is 15.9 Å². The van der Waals surface area contributed by atoms with Crippen LogP contribution in [0.5, 0.6) is 11.5 Å². The lowest BCUT2D eigenvalue weighted by atomic mass is 10.1. The van der Waals surface area contributed by atoms with Crippen molar-refractivity contribution in [1.29, 1.82) is 0 Å². The standard InChI is InChI=1S/C11H12Br2O4/c1-15-7-4-8(16-2)10(13)6(5-12)9(7)11(14)17-3/h4H,5H2,1-3H3. The molecule has 0 unspecified atom stereocenters. The first kappa shape index (κ1) is 14.3. The number of esters is 1. The normalized spacial score (nSPS) is 9.94. The van der Waals surface area contributed by atoms with Crippen molar-refractivity contribution in [1.82, 2.24) is 0 Å². The first-order valence-electron chi connectivity index (χ1n) is 4.68. The number of rotatable bonds is 4. The fourth-order valence-corrected chi connectivity index (χ4v) is 2.97. The molecule has 1 rings (SSSR count). The summed E-state index contributed by atoms with van der Waals surface area (Å²) in [6.45, 7) is 0. The first-order chi connectivity index (χ1) is 8.10. The minimum atomic E-state index is -0.445. The van der Waals surface area contributed by atoms with Crippen molar-refractivity contribution >= 4 is 37.8 Å². The third-order valence-electron chi connectivity index (χ3n) is 2.25. The SMILES string of the molecule is COC(=O)c1c(OC)cc(OC)c(Br)c1CBr. The maximum Gasteiger partial charge on any atom is 0.342 e. The molecule has 0 N–H and O–H groups in total. The minimum Gasteiger partial charge on any atom is -0.496 e. The summed E-state index contributed by atoms with van der Waals surface area (Å²) in [6, 6.07) is 1.64. The Morgan fingerprint density at radius 3 is 2.24 bits per heavy atom. The fraction of sp³-hybridized carbons (Fsp3) is 0.364. The van der Waals surface area contributed by atoms with Crippen molar-refractivity contribution in [2.45, 2.75) is 5.33 Å². The van der Waals surface area contributed by atoms with Crippen LogP contribution >= 0.6 is 31.9 Å². The topological polar surface area (TPSA) is 44.8 Å². The minimum absolute atomic E-state index is 0.388. The Bertz CT molecular complexity index is 432. The van der Waals surface area contributed by atoms with Gasteiger partial charge in [-0.3, -0.25) is 0 Å². The monoisotopic (exact) mass is 366 g/mol. The van der Waals surface area contributed by atoms with Gasteiger partial charge in [0.25, 0.3) is 0 Å². The van der Waals surface area contributed by atoms with Gasteiger partial charge in [0.15, 0.2) is 0 Å². The van der Waals surface area contributed by atoms with Crippen molar-refractivity contribution in [2.24, 2.45) is 0 Å². The molecule has 0 radical (unpaired) electrons. The molecular formula is C11H12Br2O4. The van der Waals surface area contributed by atoms with E-state index in [1.807, 2.05) is 0 Å². The average molecular weight is 368 g/mol. The van der Waals surface area contributed by atoms with Crippen molar-refractivity contribution in [2.75, 3.05) is 21.3 Å². The van der Waals surface area contributed by atoms with E-state index in [9.17, 15) is 4.79 Å². The zero-order valence-electron chi connectivity index (χ0n) is 9.67. The highest BCUT2D eigenvalue weighted by atomic mass is 79.9. The molecule has 0 atom stereocenters. The summed E-state index contributed by atoms with van der Waals surface area (Å²) >= 11 is 6.73. The molecule has 0 aliphatic carbocycles. The molecule has 17 heavy (non-hydrogen) atoms. The molecule has 0 amide bonds. The third kappa shape index (κ3) is 2.74. The highest BCUT2D eigenvalue weighted by molar-refractivity contribution is 9.11. The maximum atomic E-state index is 11.7. The molecule has 0 heterocycles. The Kier molecular flexibility index (Phi) is 5.27. The van der Waals surface area contributed by atoms with Gasteiger partial charge >= 0.3 is 5.97 Å². The molecule has 0 aliphatic heterocycles. The number of halogens is 2. The molecule has 0 aromatic heterocycles. The van der Waals surface area contributed by atoms with Gasteiger partial charge in [-0.25, -0.2) is 4.79 Å². The first-order valence-corrected chi connectivity index (χ1v) is 6.59. The van der Waals surface area contributed by atoms with Crippen molar-refractivity contribution in [3.8, 4) is 11.5 Å². The van der Waals surface area contributed by atoms with E-state index in [0.29, 0.717) is 26.9 Å². The van der Waals surface area contributed by atoms with Crippen LogP contribution in [-0.2, 0) is 10.1 Å². The summed E-state index contributed by atoms with van der Waals surface area (Å²) in [5.74, 6) is 0.579. The quantitative estimate of drug-likeness (QED) is 0.605. The second-order valence-corrected chi connectivity index (χ2v) is 4.43. The lowest BCUT2D eigenvalue weighted by molar-refractivity contribution is 0.0596. The van der Waals surface area contributed by atoms with Gasteiger partial charge in [0.05, 0.1) is 25.8 Å². The number of methoxy groups -OCH3 is 3. The van der Waals surface area contributed by atoms with Crippen LogP contribution in [0.15, 0.2) is 10.5 Å². The van der Waals surface area contributed by atoms with E-state index < -0.39 is 5.97 Å². The van der Waals surface area contributed by atoms with E-state index in [1.165, 1.54) is 14.2 Å². The third-order valence-corrected chi connectivity index (χ3v) is 3.68. The zero-order valence-corrected chi connectivity index (χ0v) is 12.8. The maximum absolute atomic E-state index is 11.7. The van der Waals surface area contributed by atoms with Crippen LogP contribution in [0.25, 0.3) is 0 Å². The van der Waals surface area contributed by atoms with E-state index >= 15 is 0 Å². The molecule has 0 fully saturated rings. The summed E-state index contributed by atoms with van der Waals surface area (Å²) in [6.07, 6.45) is 0. The van der Waals surface area contributed by atoms with Crippen LogP contribution < -0.4 is 9.47 Å². The van der Waals surface area contributed by atoms with E-state index in [2.05, 4.69) is 31.9 Å². The highest BCUT2D eigenvalue weighted by Crippen LogP contribution is 2.38. The molecule has 1 aromatic rings. The predicted molar refractivity (Wildman–Crippen MR) is 71.2 cm³/mol. The van der Waals surface area contributed by atoms with Crippen LogP contribution in [0, 0.1) is 0 Å². The van der Waals surface area contributed by atoms with Crippen LogP contribution in [0.2, 0.25) is 0 Å². The molecule has 0 saturated carbocycles. The summed E-state index contributed by atoms with van der Waals surface area (Å²) < 4.78 is 15.8. The van der Waals surface area contributed by atoms with Crippen molar-refractivity contribution < 1.29 is 19.0 Å². The second kappa shape index (κ2) is 6.26. The Hall–Kier alpha value is -0.750. The number of alkyl halides is 1. The number of hydrogen-bond donors (Lipinski definition) is 0. The molecule has 6 heteroatoms. The van der Waals surface area contributed by atoms with Gasteiger partial charge in [-0.2, -0.15) is 0 Å². The molecule has 4 nitrogen and oxygen atoms in total. The summed E-state index contributed by atoms with van der Waals surface area (Å²) in [5.41, 5.74) is 1.12. The van der Waals surface area contributed by atoms with Crippen molar-refractivity contribution in [3.63, 3.8) is 0 Å². The van der Waals surface area contributed by atoms with Gasteiger partial charge < -0.3 is 14.2 Å². The number of benzene rings is 1. The lowest BCUT2D eigenvalue weighted by Crippen LogP contribution is -2.09. The van der Waals surface area contributed by atoms with Crippen LogP contribution in [0.3, 0.4) is 0 Å². The summed E-state index contributed by atoms with van der Waals surface area (Å²) in [5, 5.41) is 0.478. The van der Waals surface area contributed by atoms with Crippen molar-refractivity contribution in [3.05, 3.63) is 21.7 Å². The number of carbonyl (C=O) groups excluding carboxylic acids is 1. The Balaban J connectivity index is 3.54. The van der Waals surface area contributed by atoms with Crippen LogP contribution in [0.4, 0.5) is 0 Å². The molecule has 94 valence electrons. The van der Waals surface area contributed by atoms with Gasteiger partial charge in [-0.15, -0.1) is 0 Å². The van der Waals surface area contributed by atoms with Crippen LogP contribution in [0.1, 0.15) is 15.9 Å². The Morgan fingerprint density at radius 1 is 1.24 bits per heavy atom. The Labute approximate surface area is 116 Å². The smallest absolute Gasteiger partial charge is 0.342 e. The van der Waals surface area contributed by atoms with E-state index in [0.717, 1.165) is 5.56 Å². The van der Waals surface area contributed by atoms with Gasteiger partial charge in [0.1, 0.15) is 17.1 Å². The van der Waals surface area contributed by atoms with E-state index in [4.69, 9.17) is 14.2 Å². The number of ether oxygens (including phenoxy) is 3. The molecule has 0 saturated heterocycles. The van der Waals surface area contributed by atoms with Crippen LogP contribution in [-0.4, -0.2) is 27.3 Å². The molecular weight excluding hydrogens is 356 g/mol. The summed E-state index contributed by atoms with van der Waals surface area (Å²) in [7, 11) is 4.38. The van der Waals surface area contributed by atoms with Gasteiger partial charge in [0.2, 0.25) is 0 Å². The van der Waals surface area contributed by atoms with Gasteiger partial charge in [-0.05, 0) is 21.5 Å². The largest absolute Gasteiger partial charge is 0.496 e. The molecule has 0 aliphatic rings. The second-order valence-electron chi connectivity index (χ2n) is 3.07.